The van der Waals surface area contributed by atoms with Gasteiger partial charge in [0.15, 0.2) is 0 Å². The summed E-state index contributed by atoms with van der Waals surface area (Å²) in [6, 6.07) is 15.3. The van der Waals surface area contributed by atoms with E-state index in [0.29, 0.717) is 0 Å². The van der Waals surface area contributed by atoms with E-state index in [-0.39, 0.29) is 6.04 Å². The van der Waals surface area contributed by atoms with Gasteiger partial charge in [-0.05, 0) is 50.6 Å². The van der Waals surface area contributed by atoms with Gasteiger partial charge in [0, 0.05) is 0 Å². The van der Waals surface area contributed by atoms with Gasteiger partial charge in [-0.2, -0.15) is 0 Å². The van der Waals surface area contributed by atoms with Crippen LogP contribution in [0.3, 0.4) is 0 Å². The van der Waals surface area contributed by atoms with Gasteiger partial charge in [0.25, 0.3) is 0 Å². The van der Waals surface area contributed by atoms with Crippen LogP contribution in [0.15, 0.2) is 42.5 Å². The maximum atomic E-state index is 4.78. The van der Waals surface area contributed by atoms with Gasteiger partial charge >= 0.3 is 0 Å². The molecule has 1 atom stereocenters. The number of fused-ring (bicyclic) bond motifs is 1. The standard InChI is InChI=1S/C18H20N2S/c1-12-8-9-14(13(2)10-12)11-16(19-3)18-20-15-6-4-5-7-17(15)21-18/h4-10,16,19H,11H2,1-3H3. The van der Waals surface area contributed by atoms with Crippen LogP contribution >= 0.6 is 11.3 Å². The third-order valence-corrected chi connectivity index (χ3v) is 5.03. The van der Waals surface area contributed by atoms with Crippen LogP contribution in [0.5, 0.6) is 0 Å². The summed E-state index contributed by atoms with van der Waals surface area (Å²) in [5.41, 5.74) is 5.16. The number of aromatic nitrogens is 1. The van der Waals surface area contributed by atoms with Crippen LogP contribution in [0.2, 0.25) is 0 Å². The number of benzene rings is 2. The van der Waals surface area contributed by atoms with Gasteiger partial charge in [0.1, 0.15) is 5.01 Å². The molecule has 1 unspecified atom stereocenters. The molecule has 1 aromatic heterocycles. The smallest absolute Gasteiger partial charge is 0.111 e. The predicted octanol–water partition coefficient (Wildman–Crippen LogP) is 4.42. The molecule has 0 aliphatic carbocycles. The first-order chi connectivity index (χ1) is 10.2. The van der Waals surface area contributed by atoms with Crippen molar-refractivity contribution < 1.29 is 0 Å². The molecule has 0 bridgehead atoms. The maximum absolute atomic E-state index is 4.78. The molecule has 1 heterocycles. The number of hydrogen-bond acceptors (Lipinski definition) is 3. The number of likely N-dealkylation sites (N-methyl/N-ethyl adjacent to an activating group) is 1. The van der Waals surface area contributed by atoms with Gasteiger partial charge in [-0.15, -0.1) is 11.3 Å². The number of nitrogens with one attached hydrogen (secondary N) is 1. The second-order valence-electron chi connectivity index (χ2n) is 5.50. The summed E-state index contributed by atoms with van der Waals surface area (Å²) < 4.78 is 1.26. The second kappa shape index (κ2) is 5.96. The Morgan fingerprint density at radius 3 is 2.67 bits per heavy atom. The number of thiazole rings is 1. The van der Waals surface area contributed by atoms with E-state index in [1.54, 1.807) is 11.3 Å². The van der Waals surface area contributed by atoms with E-state index < -0.39 is 0 Å². The van der Waals surface area contributed by atoms with Crippen molar-refractivity contribution in [3.05, 3.63) is 64.2 Å². The molecule has 3 heteroatoms. The average Bonchev–Trinajstić information content (AvgIpc) is 2.90. The first-order valence-electron chi connectivity index (χ1n) is 7.26. The molecule has 3 rings (SSSR count). The van der Waals surface area contributed by atoms with E-state index in [2.05, 4.69) is 55.6 Å². The van der Waals surface area contributed by atoms with Crippen molar-refractivity contribution in [2.24, 2.45) is 0 Å². The molecule has 0 aliphatic rings. The van der Waals surface area contributed by atoms with Crippen molar-refractivity contribution in [2.45, 2.75) is 26.3 Å². The summed E-state index contributed by atoms with van der Waals surface area (Å²) in [5, 5.41) is 4.58. The topological polar surface area (TPSA) is 24.9 Å². The van der Waals surface area contributed by atoms with Crippen molar-refractivity contribution in [3.8, 4) is 0 Å². The van der Waals surface area contributed by atoms with E-state index >= 15 is 0 Å². The number of rotatable bonds is 4. The summed E-state index contributed by atoms with van der Waals surface area (Å²) in [5.74, 6) is 0. The summed E-state index contributed by atoms with van der Waals surface area (Å²) in [6.07, 6.45) is 0.975. The molecule has 1 N–H and O–H groups in total. The molecule has 0 amide bonds. The highest BCUT2D eigenvalue weighted by Crippen LogP contribution is 2.28. The largest absolute Gasteiger partial charge is 0.311 e. The van der Waals surface area contributed by atoms with Gasteiger partial charge in [0.2, 0.25) is 0 Å². The fourth-order valence-electron chi connectivity index (χ4n) is 2.65. The highest BCUT2D eigenvalue weighted by molar-refractivity contribution is 7.18. The lowest BCUT2D eigenvalue weighted by molar-refractivity contribution is 0.588. The Balaban J connectivity index is 1.90. The van der Waals surface area contributed by atoms with Crippen molar-refractivity contribution in [1.82, 2.24) is 10.3 Å². The van der Waals surface area contributed by atoms with Crippen LogP contribution in [0.4, 0.5) is 0 Å². The van der Waals surface area contributed by atoms with Gasteiger partial charge in [-0.25, -0.2) is 4.98 Å². The molecular formula is C18H20N2S. The molecule has 0 saturated carbocycles. The Labute approximate surface area is 129 Å². The van der Waals surface area contributed by atoms with Crippen molar-refractivity contribution >= 4 is 21.6 Å². The Morgan fingerprint density at radius 1 is 1.14 bits per heavy atom. The van der Waals surface area contributed by atoms with E-state index in [4.69, 9.17) is 4.98 Å². The molecule has 0 fully saturated rings. The molecule has 2 aromatic carbocycles. The first kappa shape index (κ1) is 14.2. The van der Waals surface area contributed by atoms with Crippen LogP contribution in [-0.4, -0.2) is 12.0 Å². The monoisotopic (exact) mass is 296 g/mol. The van der Waals surface area contributed by atoms with E-state index in [1.807, 2.05) is 13.1 Å². The zero-order valence-electron chi connectivity index (χ0n) is 12.7. The van der Waals surface area contributed by atoms with Gasteiger partial charge < -0.3 is 5.32 Å². The zero-order chi connectivity index (χ0) is 14.8. The number of hydrogen-bond donors (Lipinski definition) is 1. The SMILES string of the molecule is CNC(Cc1ccc(C)cc1C)c1nc2ccccc2s1. The minimum atomic E-state index is 0.267. The molecule has 0 aliphatic heterocycles. The highest BCUT2D eigenvalue weighted by Gasteiger charge is 2.16. The van der Waals surface area contributed by atoms with Crippen molar-refractivity contribution in [1.29, 1.82) is 0 Å². The number of para-hydroxylation sites is 1. The molecule has 2 nitrogen and oxygen atoms in total. The van der Waals surface area contributed by atoms with Crippen LogP contribution in [0.1, 0.15) is 27.7 Å². The predicted molar refractivity (Wildman–Crippen MR) is 91.0 cm³/mol. The quantitative estimate of drug-likeness (QED) is 0.771. The highest BCUT2D eigenvalue weighted by atomic mass is 32.1. The Hall–Kier alpha value is -1.71. The minimum Gasteiger partial charge on any atom is -0.311 e. The molecule has 3 aromatic rings. The van der Waals surface area contributed by atoms with Gasteiger partial charge in [0.05, 0.1) is 16.3 Å². The third kappa shape index (κ3) is 2.99. The normalized spacial score (nSPS) is 12.7. The summed E-state index contributed by atoms with van der Waals surface area (Å²) in [4.78, 5) is 4.78. The maximum Gasteiger partial charge on any atom is 0.111 e. The second-order valence-corrected chi connectivity index (χ2v) is 6.56. The molecule has 0 spiro atoms. The van der Waals surface area contributed by atoms with Crippen LogP contribution in [0, 0.1) is 13.8 Å². The Morgan fingerprint density at radius 2 is 1.95 bits per heavy atom. The number of aryl methyl sites for hydroxylation is 2. The van der Waals surface area contributed by atoms with Gasteiger partial charge in [-0.1, -0.05) is 35.9 Å². The molecule has 0 saturated heterocycles. The first-order valence-corrected chi connectivity index (χ1v) is 8.08. The Bertz CT molecular complexity index is 728. The lowest BCUT2D eigenvalue weighted by atomic mass is 9.99. The molecule has 21 heavy (non-hydrogen) atoms. The average molecular weight is 296 g/mol. The zero-order valence-corrected chi connectivity index (χ0v) is 13.5. The molecule has 0 radical (unpaired) electrons. The van der Waals surface area contributed by atoms with Crippen molar-refractivity contribution in [2.75, 3.05) is 7.05 Å². The summed E-state index contributed by atoms with van der Waals surface area (Å²) in [6.45, 7) is 4.33. The molecule has 108 valence electrons. The van der Waals surface area contributed by atoms with E-state index in [0.717, 1.165) is 11.9 Å². The van der Waals surface area contributed by atoms with Crippen LogP contribution in [-0.2, 0) is 6.42 Å². The fraction of sp³-hybridized carbons (Fsp3) is 0.278. The van der Waals surface area contributed by atoms with E-state index in [1.165, 1.54) is 26.4 Å². The van der Waals surface area contributed by atoms with E-state index in [9.17, 15) is 0 Å². The molecular weight excluding hydrogens is 276 g/mol. The third-order valence-electron chi connectivity index (χ3n) is 3.88. The van der Waals surface area contributed by atoms with Crippen LogP contribution in [0.25, 0.3) is 10.2 Å². The Kier molecular flexibility index (Phi) is 4.04. The van der Waals surface area contributed by atoms with Crippen molar-refractivity contribution in [3.63, 3.8) is 0 Å². The lowest BCUT2D eigenvalue weighted by Crippen LogP contribution is -2.19. The number of nitrogens with zero attached hydrogens (tertiary/aromatic N) is 1. The van der Waals surface area contributed by atoms with Gasteiger partial charge in [-0.3, -0.25) is 0 Å². The fourth-order valence-corrected chi connectivity index (χ4v) is 3.72. The lowest BCUT2D eigenvalue weighted by Gasteiger charge is -2.15. The van der Waals surface area contributed by atoms with Crippen LogP contribution < -0.4 is 5.32 Å². The minimum absolute atomic E-state index is 0.267. The summed E-state index contributed by atoms with van der Waals surface area (Å²) in [7, 11) is 2.01. The summed E-state index contributed by atoms with van der Waals surface area (Å²) >= 11 is 1.78.